The second-order valence-electron chi connectivity index (χ2n) is 13.8. The van der Waals surface area contributed by atoms with Gasteiger partial charge in [0, 0.05) is 39.0 Å². The number of carbonyl (C=O) groups is 4. The molecule has 0 saturated carbocycles. The van der Waals surface area contributed by atoms with Gasteiger partial charge in [0.05, 0.1) is 34.2 Å². The second kappa shape index (κ2) is 12.1. The molecule has 6 heterocycles. The standard InChI is InChI=1S/C36H42N8O4/c1-21(41-15-5-9-31(41)45)35(47)43-17-3-7-29(43)33-37-25-13-11-23(19-27(25)39-33)24-12-14-26-28(20-24)40-34(38-26)30-8-4-18-44(30)36(48)22(2)42-16-6-10-32(42)46/h11-14,19-22,29-30H,3-10,15-18H2,1-2H3,(H,37,39)(H,38,40)/t21-,22-,29+,30+/m1/s1. The fraction of sp³-hybridized carbons (Fsp3) is 0.500. The van der Waals surface area contributed by atoms with E-state index >= 15 is 0 Å². The highest BCUT2D eigenvalue weighted by molar-refractivity contribution is 5.90. The first-order valence-electron chi connectivity index (χ1n) is 17.5. The molecule has 0 aliphatic carbocycles. The van der Waals surface area contributed by atoms with Gasteiger partial charge < -0.3 is 29.6 Å². The van der Waals surface area contributed by atoms with Crippen LogP contribution in [0.25, 0.3) is 33.2 Å². The number of H-pyrrole nitrogens is 2. The van der Waals surface area contributed by atoms with Gasteiger partial charge >= 0.3 is 0 Å². The molecule has 4 aliphatic heterocycles. The summed E-state index contributed by atoms with van der Waals surface area (Å²) < 4.78 is 0. The summed E-state index contributed by atoms with van der Waals surface area (Å²) in [6.07, 6.45) is 6.11. The van der Waals surface area contributed by atoms with Crippen molar-refractivity contribution in [3.05, 3.63) is 48.0 Å². The lowest BCUT2D eigenvalue weighted by Crippen LogP contribution is -2.47. The minimum Gasteiger partial charge on any atom is -0.340 e. The fourth-order valence-electron chi connectivity index (χ4n) is 8.27. The number of likely N-dealkylation sites (tertiary alicyclic amines) is 4. The van der Waals surface area contributed by atoms with Crippen molar-refractivity contribution < 1.29 is 19.2 Å². The lowest BCUT2D eigenvalue weighted by molar-refractivity contribution is -0.143. The number of amides is 4. The maximum Gasteiger partial charge on any atom is 0.245 e. The van der Waals surface area contributed by atoms with Crippen LogP contribution in [0.2, 0.25) is 0 Å². The second-order valence-corrected chi connectivity index (χ2v) is 13.8. The summed E-state index contributed by atoms with van der Waals surface area (Å²) in [7, 11) is 0. The van der Waals surface area contributed by atoms with Crippen molar-refractivity contribution in [2.24, 2.45) is 0 Å². The van der Waals surface area contributed by atoms with Crippen molar-refractivity contribution in [1.82, 2.24) is 39.5 Å². The quantitative estimate of drug-likeness (QED) is 0.303. The Hall–Kier alpha value is -4.74. The van der Waals surface area contributed by atoms with Crippen molar-refractivity contribution in [1.29, 1.82) is 0 Å². The average molecular weight is 651 g/mol. The van der Waals surface area contributed by atoms with Crippen LogP contribution in [0.4, 0.5) is 0 Å². The van der Waals surface area contributed by atoms with Gasteiger partial charge in [-0.2, -0.15) is 0 Å². The highest BCUT2D eigenvalue weighted by atomic mass is 16.2. The molecule has 48 heavy (non-hydrogen) atoms. The third kappa shape index (κ3) is 5.21. The van der Waals surface area contributed by atoms with E-state index in [-0.39, 0.29) is 35.7 Å². The molecule has 2 aromatic carbocycles. The van der Waals surface area contributed by atoms with Gasteiger partial charge in [-0.05, 0) is 87.8 Å². The van der Waals surface area contributed by atoms with Crippen LogP contribution in [0.5, 0.6) is 0 Å². The van der Waals surface area contributed by atoms with E-state index in [0.29, 0.717) is 39.0 Å². The third-order valence-corrected chi connectivity index (χ3v) is 10.9. The van der Waals surface area contributed by atoms with Gasteiger partial charge in [0.25, 0.3) is 0 Å². The van der Waals surface area contributed by atoms with Crippen LogP contribution < -0.4 is 0 Å². The molecule has 4 atom stereocenters. The summed E-state index contributed by atoms with van der Waals surface area (Å²) in [4.78, 5) is 75.6. The smallest absolute Gasteiger partial charge is 0.245 e. The van der Waals surface area contributed by atoms with Gasteiger partial charge in [0.15, 0.2) is 0 Å². The van der Waals surface area contributed by atoms with E-state index in [1.807, 2.05) is 35.8 Å². The molecule has 4 aliphatic rings. The van der Waals surface area contributed by atoms with Crippen LogP contribution in [0.3, 0.4) is 0 Å². The number of imidazole rings is 2. The minimum absolute atomic E-state index is 0.0116. The lowest BCUT2D eigenvalue weighted by Gasteiger charge is -2.30. The van der Waals surface area contributed by atoms with Crippen LogP contribution in [-0.4, -0.2) is 101 Å². The number of aromatic amines is 2. The Kier molecular flexibility index (Phi) is 7.68. The molecule has 4 fully saturated rings. The molecular formula is C36H42N8O4. The van der Waals surface area contributed by atoms with Gasteiger partial charge in [0.2, 0.25) is 23.6 Å². The largest absolute Gasteiger partial charge is 0.340 e. The van der Waals surface area contributed by atoms with Crippen LogP contribution in [0, 0.1) is 0 Å². The molecular weight excluding hydrogens is 608 g/mol. The number of rotatable bonds is 7. The van der Waals surface area contributed by atoms with Crippen molar-refractivity contribution in [2.45, 2.75) is 89.4 Å². The van der Waals surface area contributed by atoms with E-state index < -0.39 is 12.1 Å². The number of nitrogens with one attached hydrogen (secondary N) is 2. The highest BCUT2D eigenvalue weighted by Crippen LogP contribution is 2.36. The average Bonchev–Trinajstić information content (AvgIpc) is 3.94. The molecule has 0 unspecified atom stereocenters. The van der Waals surface area contributed by atoms with E-state index in [4.69, 9.17) is 9.97 Å². The molecule has 12 heteroatoms. The third-order valence-electron chi connectivity index (χ3n) is 10.9. The van der Waals surface area contributed by atoms with Crippen molar-refractivity contribution >= 4 is 45.7 Å². The zero-order valence-corrected chi connectivity index (χ0v) is 27.6. The van der Waals surface area contributed by atoms with E-state index in [1.165, 1.54) is 0 Å². The Morgan fingerprint density at radius 3 is 1.50 bits per heavy atom. The van der Waals surface area contributed by atoms with Gasteiger partial charge in [-0.1, -0.05) is 12.1 Å². The zero-order valence-electron chi connectivity index (χ0n) is 27.6. The summed E-state index contributed by atoms with van der Waals surface area (Å²) in [5, 5.41) is 0. The van der Waals surface area contributed by atoms with E-state index in [9.17, 15) is 19.2 Å². The maximum absolute atomic E-state index is 13.5. The first-order chi connectivity index (χ1) is 23.3. The lowest BCUT2D eigenvalue weighted by atomic mass is 10.0. The Morgan fingerprint density at radius 1 is 0.667 bits per heavy atom. The van der Waals surface area contributed by atoms with Gasteiger partial charge in [-0.3, -0.25) is 19.2 Å². The Balaban J connectivity index is 1.01. The first-order valence-corrected chi connectivity index (χ1v) is 17.5. The molecule has 2 aromatic heterocycles. The molecule has 0 bridgehead atoms. The molecule has 4 aromatic rings. The highest BCUT2D eigenvalue weighted by Gasteiger charge is 2.40. The van der Waals surface area contributed by atoms with Gasteiger partial charge in [-0.15, -0.1) is 0 Å². The Labute approximate surface area is 278 Å². The molecule has 2 N–H and O–H groups in total. The predicted octanol–water partition coefficient (Wildman–Crippen LogP) is 4.46. The topological polar surface area (TPSA) is 139 Å². The molecule has 4 amide bonds. The number of fused-ring (bicyclic) bond motifs is 2. The number of aromatic nitrogens is 4. The predicted molar refractivity (Wildman–Crippen MR) is 179 cm³/mol. The van der Waals surface area contributed by atoms with Gasteiger partial charge in [-0.25, -0.2) is 9.97 Å². The first kappa shape index (κ1) is 30.6. The summed E-state index contributed by atoms with van der Waals surface area (Å²) >= 11 is 0. The molecule has 4 saturated heterocycles. The minimum atomic E-state index is -0.462. The SMILES string of the molecule is C[C@H](C(=O)N1CCC[C@H]1c1nc2ccc(-c3ccc4nc([C@@H]5CCCN5C(=O)[C@@H](C)N5CCCC5=O)[nH]c4c3)cc2[nH]1)N1CCCC1=O. The van der Waals surface area contributed by atoms with Crippen LogP contribution in [-0.2, 0) is 19.2 Å². The summed E-state index contributed by atoms with van der Waals surface area (Å²) in [5.74, 6) is 1.65. The van der Waals surface area contributed by atoms with E-state index in [2.05, 4.69) is 34.2 Å². The summed E-state index contributed by atoms with van der Waals surface area (Å²) in [6.45, 7) is 6.29. The van der Waals surface area contributed by atoms with Crippen molar-refractivity contribution in [3.8, 4) is 11.1 Å². The normalized spacial score (nSPS) is 23.0. The molecule has 0 radical (unpaired) electrons. The van der Waals surface area contributed by atoms with Crippen LogP contribution in [0.1, 0.15) is 88.9 Å². The Bertz CT molecular complexity index is 1790. The number of carbonyl (C=O) groups excluding carboxylic acids is 4. The molecule has 250 valence electrons. The Morgan fingerprint density at radius 2 is 1.10 bits per heavy atom. The van der Waals surface area contributed by atoms with Crippen LogP contribution in [0.15, 0.2) is 36.4 Å². The molecule has 12 nitrogen and oxygen atoms in total. The fourth-order valence-corrected chi connectivity index (χ4v) is 8.27. The maximum atomic E-state index is 13.5. The van der Waals surface area contributed by atoms with E-state index in [1.54, 1.807) is 9.80 Å². The van der Waals surface area contributed by atoms with E-state index in [0.717, 1.165) is 83.4 Å². The summed E-state index contributed by atoms with van der Waals surface area (Å²) in [5.41, 5.74) is 5.55. The molecule has 8 rings (SSSR count). The monoisotopic (exact) mass is 650 g/mol. The van der Waals surface area contributed by atoms with Gasteiger partial charge in [0.1, 0.15) is 23.7 Å². The molecule has 0 spiro atoms. The number of hydrogen-bond acceptors (Lipinski definition) is 6. The number of benzene rings is 2. The summed E-state index contributed by atoms with van der Waals surface area (Å²) in [6, 6.07) is 11.1. The number of nitrogens with zero attached hydrogens (tertiary/aromatic N) is 6. The van der Waals surface area contributed by atoms with Crippen LogP contribution >= 0.6 is 0 Å². The number of hydrogen-bond donors (Lipinski definition) is 2. The van der Waals surface area contributed by atoms with Crippen molar-refractivity contribution in [3.63, 3.8) is 0 Å². The van der Waals surface area contributed by atoms with Crippen molar-refractivity contribution in [2.75, 3.05) is 26.2 Å². The zero-order chi connectivity index (χ0) is 33.1.